The van der Waals surface area contributed by atoms with Gasteiger partial charge in [-0.1, -0.05) is 24.3 Å². The topological polar surface area (TPSA) is 51.9 Å². The molecule has 0 radical (unpaired) electrons. The van der Waals surface area contributed by atoms with E-state index in [1.54, 1.807) is 0 Å². The highest BCUT2D eigenvalue weighted by Gasteiger charge is 2.23. The summed E-state index contributed by atoms with van der Waals surface area (Å²) in [5, 5.41) is 0. The van der Waals surface area contributed by atoms with Gasteiger partial charge < -0.3 is 26.1 Å². The number of nitrogens with zero attached hydrogens (tertiary/aromatic N) is 2. The number of benzene rings is 1. The SMILES string of the molecule is CCOP(=O)(CCC[n+]1ccc(C=Cc2ccc(N3CCOCC3)cc2)cc1)OCC.[CH3-]. The minimum atomic E-state index is -2.96. The average molecular weight is 461 g/mol. The Morgan fingerprint density at radius 2 is 1.53 bits per heavy atom. The number of aryl methyl sites for hydroxylation is 1. The van der Waals surface area contributed by atoms with Crippen LogP contribution in [0, 0.1) is 7.43 Å². The molecule has 0 unspecified atom stereocenters. The highest BCUT2D eigenvalue weighted by molar-refractivity contribution is 7.53. The van der Waals surface area contributed by atoms with Crippen LogP contribution in [0.2, 0.25) is 0 Å². The highest BCUT2D eigenvalue weighted by Crippen LogP contribution is 2.48. The van der Waals surface area contributed by atoms with Crippen LogP contribution in [0.15, 0.2) is 48.8 Å². The molecule has 1 aromatic heterocycles. The van der Waals surface area contributed by atoms with Crippen molar-refractivity contribution in [2.24, 2.45) is 0 Å². The average Bonchev–Trinajstić information content (AvgIpc) is 2.80. The second-order valence-corrected chi connectivity index (χ2v) is 9.60. The van der Waals surface area contributed by atoms with Gasteiger partial charge in [-0.25, -0.2) is 4.57 Å². The molecule has 0 saturated carbocycles. The Morgan fingerprint density at radius 1 is 0.969 bits per heavy atom. The molecule has 1 fully saturated rings. The largest absolute Gasteiger partial charge is 0.378 e. The van der Waals surface area contributed by atoms with E-state index in [1.807, 2.05) is 26.2 Å². The first-order valence-electron chi connectivity index (χ1n) is 11.1. The summed E-state index contributed by atoms with van der Waals surface area (Å²) in [6, 6.07) is 12.8. The molecule has 32 heavy (non-hydrogen) atoms. The van der Waals surface area contributed by atoms with Crippen molar-refractivity contribution in [3.8, 4) is 0 Å². The van der Waals surface area contributed by atoms with E-state index in [9.17, 15) is 4.57 Å². The molecule has 0 spiro atoms. The lowest BCUT2D eigenvalue weighted by atomic mass is 10.1. The molecule has 0 amide bonds. The van der Waals surface area contributed by atoms with Gasteiger partial charge in [0.1, 0.15) is 6.54 Å². The van der Waals surface area contributed by atoms with E-state index in [0.717, 1.165) is 44.8 Å². The lowest BCUT2D eigenvalue weighted by Gasteiger charge is -2.28. The van der Waals surface area contributed by atoms with Crippen LogP contribution in [0.25, 0.3) is 12.2 Å². The number of aromatic nitrogens is 1. The van der Waals surface area contributed by atoms with Crippen LogP contribution < -0.4 is 9.47 Å². The van der Waals surface area contributed by atoms with Crippen LogP contribution >= 0.6 is 7.60 Å². The van der Waals surface area contributed by atoms with Gasteiger partial charge in [0.15, 0.2) is 12.4 Å². The van der Waals surface area contributed by atoms with Crippen LogP contribution in [0.1, 0.15) is 31.4 Å². The summed E-state index contributed by atoms with van der Waals surface area (Å²) in [6.07, 6.45) is 9.52. The number of hydrogen-bond donors (Lipinski definition) is 0. The molecular weight excluding hydrogens is 423 g/mol. The fraction of sp³-hybridized carbons (Fsp3) is 0.440. The minimum absolute atomic E-state index is 0. The third kappa shape index (κ3) is 8.18. The molecule has 6 nitrogen and oxygen atoms in total. The predicted molar refractivity (Wildman–Crippen MR) is 132 cm³/mol. The fourth-order valence-electron chi connectivity index (χ4n) is 3.55. The molecule has 1 aliphatic rings. The van der Waals surface area contributed by atoms with Crippen molar-refractivity contribution in [1.82, 2.24) is 0 Å². The first-order valence-corrected chi connectivity index (χ1v) is 12.8. The van der Waals surface area contributed by atoms with Gasteiger partial charge in [-0.2, -0.15) is 0 Å². The number of ether oxygens (including phenoxy) is 1. The van der Waals surface area contributed by atoms with Gasteiger partial charge in [0, 0.05) is 37.3 Å². The van der Waals surface area contributed by atoms with Crippen LogP contribution in [0.5, 0.6) is 0 Å². The fourth-order valence-corrected chi connectivity index (χ4v) is 5.19. The van der Waals surface area contributed by atoms with Crippen LogP contribution in [-0.2, 0) is 24.9 Å². The summed E-state index contributed by atoms with van der Waals surface area (Å²) < 4.78 is 30.7. The first kappa shape index (κ1) is 26.3. The van der Waals surface area contributed by atoms with E-state index in [-0.39, 0.29) is 7.43 Å². The third-order valence-electron chi connectivity index (χ3n) is 5.15. The summed E-state index contributed by atoms with van der Waals surface area (Å²) in [7, 11) is -2.96. The summed E-state index contributed by atoms with van der Waals surface area (Å²) in [4.78, 5) is 2.36. The molecule has 0 aliphatic carbocycles. The maximum atomic E-state index is 12.5. The molecule has 0 bridgehead atoms. The second kappa shape index (κ2) is 13.5. The lowest BCUT2D eigenvalue weighted by molar-refractivity contribution is -0.696. The number of morpholine rings is 1. The Balaban J connectivity index is 0.00000363. The van der Waals surface area contributed by atoms with Crippen molar-refractivity contribution in [2.45, 2.75) is 26.8 Å². The van der Waals surface area contributed by atoms with Crippen molar-refractivity contribution in [2.75, 3.05) is 50.6 Å². The molecule has 1 saturated heterocycles. The first-order chi connectivity index (χ1) is 15.1. The lowest BCUT2D eigenvalue weighted by Crippen LogP contribution is -2.36. The van der Waals surface area contributed by atoms with E-state index in [0.29, 0.717) is 19.4 Å². The maximum absolute atomic E-state index is 12.5. The number of anilines is 1. The summed E-state index contributed by atoms with van der Waals surface area (Å²) in [5.41, 5.74) is 3.57. The van der Waals surface area contributed by atoms with Gasteiger partial charge in [-0.3, -0.25) is 4.57 Å². The predicted octanol–water partition coefficient (Wildman–Crippen LogP) is 5.09. The zero-order valence-electron chi connectivity index (χ0n) is 19.6. The van der Waals surface area contributed by atoms with Gasteiger partial charge in [0.2, 0.25) is 0 Å². The van der Waals surface area contributed by atoms with Crippen LogP contribution in [0.3, 0.4) is 0 Å². The summed E-state index contributed by atoms with van der Waals surface area (Å²) >= 11 is 0. The molecule has 1 aliphatic heterocycles. The van der Waals surface area contributed by atoms with E-state index >= 15 is 0 Å². The third-order valence-corrected chi connectivity index (χ3v) is 7.32. The van der Waals surface area contributed by atoms with Gasteiger partial charge in [0.25, 0.3) is 0 Å². The van der Waals surface area contributed by atoms with Crippen molar-refractivity contribution >= 4 is 25.4 Å². The molecular formula is C25H37N2O4P. The molecule has 1 aromatic carbocycles. The number of hydrogen-bond acceptors (Lipinski definition) is 5. The smallest absolute Gasteiger partial charge is 0.330 e. The number of pyridine rings is 1. The Kier molecular flexibility index (Phi) is 11.1. The monoisotopic (exact) mass is 460 g/mol. The zero-order chi connectivity index (χ0) is 21.9. The van der Waals surface area contributed by atoms with E-state index in [4.69, 9.17) is 13.8 Å². The molecule has 0 atom stereocenters. The molecule has 2 heterocycles. The second-order valence-electron chi connectivity index (χ2n) is 7.42. The molecule has 3 rings (SSSR count). The van der Waals surface area contributed by atoms with E-state index < -0.39 is 7.60 Å². The summed E-state index contributed by atoms with van der Waals surface area (Å²) in [6.45, 7) is 8.76. The van der Waals surface area contributed by atoms with Gasteiger partial charge >= 0.3 is 7.60 Å². The van der Waals surface area contributed by atoms with Crippen molar-refractivity contribution in [3.05, 3.63) is 67.3 Å². The van der Waals surface area contributed by atoms with E-state index in [2.05, 4.69) is 58.0 Å². The Bertz CT molecular complexity index is 853. The zero-order valence-corrected chi connectivity index (χ0v) is 20.5. The molecule has 7 heteroatoms. The number of rotatable bonds is 11. The van der Waals surface area contributed by atoms with Crippen molar-refractivity contribution < 1.29 is 22.9 Å². The van der Waals surface area contributed by atoms with Gasteiger partial charge in [-0.05, 0) is 37.1 Å². The quantitative estimate of drug-likeness (QED) is 0.266. The Hall–Kier alpha value is -1.98. The Morgan fingerprint density at radius 3 is 2.09 bits per heavy atom. The Labute approximate surface area is 193 Å². The maximum Gasteiger partial charge on any atom is 0.330 e. The van der Waals surface area contributed by atoms with Gasteiger partial charge in [-0.15, -0.1) is 0 Å². The standard InChI is InChI=1S/C24H34N2O4P.CH3/c1-3-29-31(27,30-4-2)21-5-14-25-15-12-23(13-16-25)7-6-22-8-10-24(11-9-22)26-17-19-28-20-18-26;/h6-13,15-16H,3-5,14,17-21H2,1-2H3;1H3/q+1;-1. The van der Waals surface area contributed by atoms with Crippen molar-refractivity contribution in [3.63, 3.8) is 0 Å². The van der Waals surface area contributed by atoms with Gasteiger partial charge in [0.05, 0.1) is 32.6 Å². The highest BCUT2D eigenvalue weighted by atomic mass is 31.2. The normalized spacial score (nSPS) is 14.5. The van der Waals surface area contributed by atoms with Crippen LogP contribution in [0.4, 0.5) is 5.69 Å². The summed E-state index contributed by atoms with van der Waals surface area (Å²) in [5.74, 6) is 0. The molecule has 2 aromatic rings. The van der Waals surface area contributed by atoms with E-state index in [1.165, 1.54) is 11.3 Å². The molecule has 0 N–H and O–H groups in total. The minimum Gasteiger partial charge on any atom is -0.378 e. The molecule has 176 valence electrons. The van der Waals surface area contributed by atoms with Crippen LogP contribution in [-0.4, -0.2) is 45.7 Å². The van der Waals surface area contributed by atoms with Crippen molar-refractivity contribution in [1.29, 1.82) is 0 Å².